The van der Waals surface area contributed by atoms with Crippen LogP contribution in [0.15, 0.2) is 67.1 Å². The van der Waals surface area contributed by atoms with Gasteiger partial charge in [0.25, 0.3) is 5.91 Å². The molecular formula is C68H87N13O14. The molecule has 0 spiro atoms. The number of aryl methyl sites for hydroxylation is 2. The van der Waals surface area contributed by atoms with Crippen LogP contribution in [0.25, 0.3) is 55.5 Å². The van der Waals surface area contributed by atoms with Crippen molar-refractivity contribution in [2.45, 2.75) is 91.6 Å². The van der Waals surface area contributed by atoms with Crippen molar-refractivity contribution in [3.8, 4) is 11.5 Å². The zero-order valence-corrected chi connectivity index (χ0v) is 55.2. The minimum atomic E-state index is -1.37. The van der Waals surface area contributed by atoms with Crippen LogP contribution in [0.1, 0.15) is 116 Å². The molecule has 27 heteroatoms. The van der Waals surface area contributed by atoms with Crippen molar-refractivity contribution >= 4 is 90.8 Å². The molecule has 0 fully saturated rings. The number of benzene rings is 2. The minimum Gasteiger partial charge on any atom is -0.487 e. The van der Waals surface area contributed by atoms with Gasteiger partial charge in [0.2, 0.25) is 5.95 Å². The van der Waals surface area contributed by atoms with Gasteiger partial charge >= 0.3 is 11.9 Å². The average molecular weight is 1310 g/mol. The zero-order valence-electron chi connectivity index (χ0n) is 55.2. The number of carboxylic acids is 1. The van der Waals surface area contributed by atoms with E-state index in [1.165, 1.54) is 0 Å². The average Bonchev–Trinajstić information content (AvgIpc) is 1.67. The van der Waals surface area contributed by atoms with Gasteiger partial charge in [-0.15, -0.1) is 0 Å². The number of methoxy groups -OCH3 is 2. The third-order valence-electron chi connectivity index (χ3n) is 15.7. The highest BCUT2D eigenvalue weighted by Crippen LogP contribution is 2.39. The fourth-order valence-electron chi connectivity index (χ4n) is 10.7. The second-order valence-electron chi connectivity index (χ2n) is 22.3. The second-order valence-corrected chi connectivity index (χ2v) is 22.3. The van der Waals surface area contributed by atoms with E-state index in [9.17, 15) is 24.6 Å². The van der Waals surface area contributed by atoms with Crippen molar-refractivity contribution in [3.63, 3.8) is 0 Å². The largest absolute Gasteiger partial charge is 0.487 e. The first kappa shape index (κ1) is 71.8. The smallest absolute Gasteiger partial charge is 0.326 e. The van der Waals surface area contributed by atoms with Gasteiger partial charge in [0, 0.05) is 63.2 Å². The number of aromatic amines is 1. The molecule has 4 aromatic heterocycles. The third kappa shape index (κ3) is 20.2. The van der Waals surface area contributed by atoms with Crippen molar-refractivity contribution in [1.82, 2.24) is 50.2 Å². The summed E-state index contributed by atoms with van der Waals surface area (Å²) in [6, 6.07) is 12.9. The molecule has 1 atom stereocenters. The lowest BCUT2D eigenvalue weighted by Gasteiger charge is -2.19. The number of anilines is 3. The molecule has 0 aliphatic carbocycles. The number of nitrogens with zero attached hydrogens (tertiary/aromatic N) is 9. The number of aliphatic hydroxyl groups excluding tert-OH is 1. The molecule has 1 amide bonds. The number of ether oxygens (including phenoxy) is 9. The molecule has 8 rings (SSSR count). The lowest BCUT2D eigenvalue weighted by Crippen LogP contribution is -2.41. The van der Waals surface area contributed by atoms with Crippen LogP contribution in [-0.4, -0.2) is 193 Å². The summed E-state index contributed by atoms with van der Waals surface area (Å²) in [5.41, 5.74) is 25.2. The Kier molecular flexibility index (Phi) is 27.6. The lowest BCUT2D eigenvalue weighted by atomic mass is 9.98. The summed E-state index contributed by atoms with van der Waals surface area (Å²) in [4.78, 5) is 82.1. The van der Waals surface area contributed by atoms with Gasteiger partial charge in [-0.1, -0.05) is 13.8 Å². The Labute approximate surface area is 551 Å². The number of nitrogen functional groups attached to an aromatic ring is 2. The van der Waals surface area contributed by atoms with Crippen LogP contribution in [0.3, 0.4) is 0 Å². The highest BCUT2D eigenvalue weighted by molar-refractivity contribution is 5.97. The number of carbonyl (C=O) groups is 3. The van der Waals surface area contributed by atoms with Gasteiger partial charge < -0.3 is 79.5 Å². The predicted molar refractivity (Wildman–Crippen MR) is 360 cm³/mol. The van der Waals surface area contributed by atoms with Crippen molar-refractivity contribution in [1.29, 1.82) is 0 Å². The van der Waals surface area contributed by atoms with E-state index in [4.69, 9.17) is 74.0 Å². The van der Waals surface area contributed by atoms with Crippen molar-refractivity contribution < 1.29 is 67.2 Å². The number of aromatic nitrogens is 9. The number of amides is 1. The first-order valence-electron chi connectivity index (χ1n) is 31.8. The van der Waals surface area contributed by atoms with Crippen LogP contribution in [0.4, 0.5) is 17.5 Å². The van der Waals surface area contributed by atoms with E-state index in [0.29, 0.717) is 136 Å². The number of esters is 1. The maximum Gasteiger partial charge on any atom is 0.326 e. The molecule has 27 nitrogen and oxygen atoms in total. The Bertz CT molecular complexity index is 3880. The first-order chi connectivity index (χ1) is 46.1. The van der Waals surface area contributed by atoms with Gasteiger partial charge in [-0.3, -0.25) is 19.6 Å². The second kappa shape index (κ2) is 36.5. The summed E-state index contributed by atoms with van der Waals surface area (Å²) in [5, 5.41) is 22.7. The molecule has 8 N–H and O–H groups in total. The summed E-state index contributed by atoms with van der Waals surface area (Å²) in [5.74, 6) is -1.62. The fourth-order valence-corrected chi connectivity index (χ4v) is 10.7. The number of aliphatic hydroxyl groups is 1. The number of H-pyrrole nitrogens is 1. The number of nitrogens with one attached hydrogen (secondary N) is 2. The van der Waals surface area contributed by atoms with Gasteiger partial charge in [0.05, 0.1) is 143 Å². The van der Waals surface area contributed by atoms with Crippen LogP contribution in [0.2, 0.25) is 0 Å². The maximum absolute atomic E-state index is 13.4. The Morgan fingerprint density at radius 3 is 1.84 bits per heavy atom. The number of carbonyl (C=O) groups excluding carboxylic acids is 2. The molecule has 2 aliphatic rings. The Morgan fingerprint density at radius 1 is 0.642 bits per heavy atom. The fraction of sp³-hybridized carbons (Fsp3) is 0.456. The monoisotopic (exact) mass is 1310 g/mol. The van der Waals surface area contributed by atoms with Crippen LogP contribution in [-0.2, 0) is 55.7 Å². The van der Waals surface area contributed by atoms with Crippen LogP contribution >= 0.6 is 0 Å². The number of carboxylic acid groups (broad SMARTS) is 1. The number of aliphatic carboxylic acids is 1. The summed E-state index contributed by atoms with van der Waals surface area (Å²) >= 11 is 0. The molecule has 2 aliphatic heterocycles. The van der Waals surface area contributed by atoms with Crippen LogP contribution in [0.5, 0.6) is 11.5 Å². The van der Waals surface area contributed by atoms with Gasteiger partial charge in [-0.25, -0.2) is 24.7 Å². The van der Waals surface area contributed by atoms with Crippen molar-refractivity contribution in [3.05, 3.63) is 112 Å². The van der Waals surface area contributed by atoms with E-state index in [-0.39, 0.29) is 75.5 Å². The molecule has 0 unspecified atom stereocenters. The number of rotatable bonds is 38. The van der Waals surface area contributed by atoms with Crippen LogP contribution < -0.4 is 31.2 Å². The highest BCUT2D eigenvalue weighted by atomic mass is 16.6. The van der Waals surface area contributed by atoms with E-state index in [1.807, 2.05) is 31.9 Å². The highest BCUT2D eigenvalue weighted by Gasteiger charge is 2.25. The number of fused-ring (bicyclic) bond motifs is 8. The van der Waals surface area contributed by atoms with Gasteiger partial charge in [-0.2, -0.15) is 9.97 Å². The molecule has 2 aromatic carbocycles. The minimum absolute atomic E-state index is 0.00330. The number of hydrogen-bond donors (Lipinski definition) is 6. The van der Waals surface area contributed by atoms with E-state index < -0.39 is 23.9 Å². The van der Waals surface area contributed by atoms with Crippen LogP contribution in [0, 0.1) is 6.92 Å². The molecule has 95 heavy (non-hydrogen) atoms. The van der Waals surface area contributed by atoms with E-state index in [1.54, 1.807) is 69.2 Å². The van der Waals surface area contributed by atoms with Crippen molar-refractivity contribution in [2.75, 3.05) is 130 Å². The van der Waals surface area contributed by atoms with E-state index in [0.717, 1.165) is 68.1 Å². The third-order valence-corrected chi connectivity index (χ3v) is 15.7. The summed E-state index contributed by atoms with van der Waals surface area (Å²) in [6.07, 6.45) is 8.00. The first-order valence-corrected chi connectivity index (χ1v) is 31.8. The standard InChI is InChI=1S/C68H87N13O14/c1-8-47-48(9-2)53-35-55-50(13-11-21-95-62(83)19-18-51(67(85)86)78-66(84)44-14-16-46(17-15-44)81(5)41-45-38-73-65-63(74-45)64(69)79-68(70)80-65)43(4)59(77-55)40-72-57-37-61(94-33-31-92-29-27-90-25-23-88-7)60(93-32-30-91-28-26-89-24-22-87-6)36-56(57)71-39-58-42(3)49(12-10-20-82)54(76-58)34-52(47)75-53/h14-17,34-40,51,77,82H,8-13,18-33,41H2,1-7H3,(H,78,84)(H,85,86)(H4,69,70,73,79,80)/t51-/m0/s1. The predicted octanol–water partition coefficient (Wildman–Crippen LogP) is 7.87. The molecule has 6 heterocycles. The molecule has 0 radical (unpaired) electrons. The Morgan fingerprint density at radius 2 is 1.23 bits per heavy atom. The van der Waals surface area contributed by atoms with Crippen molar-refractivity contribution in [2.24, 2.45) is 0 Å². The number of allylic oxidation sites excluding steroid dienone is 4. The maximum atomic E-state index is 13.4. The summed E-state index contributed by atoms with van der Waals surface area (Å²) < 4.78 is 51.3. The normalized spacial score (nSPS) is 12.5. The number of nitrogens with two attached hydrogens (primary N) is 2. The topological polar surface area (TPSA) is 361 Å². The van der Waals surface area contributed by atoms with Gasteiger partial charge in [-0.05, 0) is 129 Å². The molecule has 0 saturated carbocycles. The van der Waals surface area contributed by atoms with E-state index >= 15 is 0 Å². The zero-order chi connectivity index (χ0) is 67.6. The Hall–Kier alpha value is -9.09. The lowest BCUT2D eigenvalue weighted by molar-refractivity contribution is -0.144. The molecule has 6 aromatic rings. The SMILES string of the molecule is CCC1=C(CC)c2cc3[nH]c(cnc4cc(OCCOCCOCCOC)c(OCCOCCOCCOC)cc4ncc4nc(cc1n2)C(CCCO)=C4C)c(C)c3CCCOC(=O)CC[C@H](NC(=O)c1ccc(N(C)Cc2cnc3nc(N)nc(N)c3n2)cc1)C(=O)O. The molecule has 0 saturated heterocycles. The van der Waals surface area contributed by atoms with E-state index in [2.05, 4.69) is 50.2 Å². The molecular weight excluding hydrogens is 1220 g/mol. The quantitative estimate of drug-likeness (QED) is 0.0158. The van der Waals surface area contributed by atoms with Gasteiger partial charge in [0.15, 0.2) is 28.5 Å². The molecule has 508 valence electrons. The Balaban J connectivity index is 1.03. The molecule has 6 bridgehead atoms. The summed E-state index contributed by atoms with van der Waals surface area (Å²) in [7, 11) is 5.07. The van der Waals surface area contributed by atoms with Gasteiger partial charge in [0.1, 0.15) is 19.3 Å². The summed E-state index contributed by atoms with van der Waals surface area (Å²) in [6.45, 7) is 12.9. The number of hydrogen-bond acceptors (Lipinski definition) is 24.